The Morgan fingerprint density at radius 3 is 1.34 bits per heavy atom. The third kappa shape index (κ3) is 26.3. The fourth-order valence-electron chi connectivity index (χ4n) is 5.95. The molecule has 244 valence electrons. The number of unbranched alkanes of at least 4 members (excludes halogenated alkanes) is 20. The number of ether oxygens (including phenoxy) is 2. The van der Waals surface area contributed by atoms with E-state index in [1.54, 1.807) is 0 Å². The molecule has 0 aliphatic rings. The van der Waals surface area contributed by atoms with Gasteiger partial charge in [0.05, 0.1) is 19.1 Å². The first-order chi connectivity index (χ1) is 20.1. The van der Waals surface area contributed by atoms with Crippen LogP contribution in [0.2, 0.25) is 0 Å². The second-order valence-corrected chi connectivity index (χ2v) is 12.5. The van der Waals surface area contributed by atoms with Gasteiger partial charge in [-0.1, -0.05) is 163 Å². The molecule has 4 heteroatoms. The Hall–Kier alpha value is -1.06. The van der Waals surface area contributed by atoms with E-state index in [1.165, 1.54) is 128 Å². The molecule has 4 nitrogen and oxygen atoms in total. The van der Waals surface area contributed by atoms with E-state index in [1.807, 2.05) is 0 Å². The molecule has 0 spiro atoms. The minimum absolute atomic E-state index is 0.000620. The molecular weight excluding hydrogens is 508 g/mol. The van der Waals surface area contributed by atoms with Gasteiger partial charge >= 0.3 is 11.9 Å². The van der Waals surface area contributed by atoms with E-state index in [-0.39, 0.29) is 17.9 Å². The summed E-state index contributed by atoms with van der Waals surface area (Å²) in [7, 11) is 0. The van der Waals surface area contributed by atoms with Crippen LogP contribution in [0.5, 0.6) is 0 Å². The van der Waals surface area contributed by atoms with Gasteiger partial charge in [-0.2, -0.15) is 0 Å². The summed E-state index contributed by atoms with van der Waals surface area (Å²) in [5, 5.41) is 0. The van der Waals surface area contributed by atoms with E-state index in [4.69, 9.17) is 9.47 Å². The fourth-order valence-corrected chi connectivity index (χ4v) is 5.95. The number of hydrogen-bond acceptors (Lipinski definition) is 4. The molecule has 0 heterocycles. The van der Waals surface area contributed by atoms with Crippen LogP contribution < -0.4 is 0 Å². The molecule has 0 aromatic heterocycles. The Labute approximate surface area is 256 Å². The normalized spacial score (nSPS) is 12.8. The summed E-state index contributed by atoms with van der Waals surface area (Å²) in [4.78, 5) is 24.4. The Kier molecular flexibility index (Phi) is 31.0. The van der Waals surface area contributed by atoms with Gasteiger partial charge in [0.25, 0.3) is 0 Å². The molecule has 0 bridgehead atoms. The maximum Gasteiger partial charge on any atom is 0.309 e. The maximum atomic E-state index is 12.7. The lowest BCUT2D eigenvalue weighted by molar-refractivity contribution is -0.151. The lowest BCUT2D eigenvalue weighted by Crippen LogP contribution is -2.25. The van der Waals surface area contributed by atoms with Gasteiger partial charge in [0.2, 0.25) is 0 Å². The third-order valence-electron chi connectivity index (χ3n) is 8.79. The molecule has 2 atom stereocenters. The van der Waals surface area contributed by atoms with Crippen molar-refractivity contribution >= 4 is 11.9 Å². The SMILES string of the molecule is CCCCCCCOC(=O)CCCCCCCCCCCCCCCC(CC)C(CC)C(=O)OCCCCCCC. The molecule has 0 aliphatic carbocycles. The van der Waals surface area contributed by atoms with Crippen LogP contribution in [0.25, 0.3) is 0 Å². The highest BCUT2D eigenvalue weighted by molar-refractivity contribution is 5.72. The minimum atomic E-state index is -0.000620. The zero-order chi connectivity index (χ0) is 30.2. The van der Waals surface area contributed by atoms with Crippen LogP contribution in [0.4, 0.5) is 0 Å². The number of carbonyl (C=O) groups excluding carboxylic acids is 2. The molecule has 0 amide bonds. The summed E-state index contributed by atoms with van der Waals surface area (Å²) >= 11 is 0. The van der Waals surface area contributed by atoms with E-state index >= 15 is 0 Å². The second kappa shape index (κ2) is 31.9. The van der Waals surface area contributed by atoms with Crippen molar-refractivity contribution in [3.8, 4) is 0 Å². The van der Waals surface area contributed by atoms with Crippen molar-refractivity contribution in [1.29, 1.82) is 0 Å². The molecule has 0 aromatic carbocycles. The lowest BCUT2D eigenvalue weighted by atomic mass is 9.84. The monoisotopic (exact) mass is 581 g/mol. The van der Waals surface area contributed by atoms with E-state index in [0.29, 0.717) is 25.6 Å². The van der Waals surface area contributed by atoms with Crippen molar-refractivity contribution in [2.75, 3.05) is 13.2 Å². The van der Waals surface area contributed by atoms with Gasteiger partial charge in [0.15, 0.2) is 0 Å². The van der Waals surface area contributed by atoms with Crippen molar-refractivity contribution in [2.45, 2.75) is 201 Å². The number of esters is 2. The molecule has 0 fully saturated rings. The first kappa shape index (κ1) is 39.9. The van der Waals surface area contributed by atoms with E-state index in [0.717, 1.165) is 38.5 Å². The van der Waals surface area contributed by atoms with Gasteiger partial charge in [-0.15, -0.1) is 0 Å². The highest BCUT2D eigenvalue weighted by Gasteiger charge is 2.26. The highest BCUT2D eigenvalue weighted by atomic mass is 16.5. The van der Waals surface area contributed by atoms with Crippen LogP contribution in [0.3, 0.4) is 0 Å². The molecular formula is C37H72O4. The zero-order valence-electron chi connectivity index (χ0n) is 28.3. The predicted octanol–water partition coefficient (Wildman–Crippen LogP) is 11.9. The Bertz CT molecular complexity index is 561. The molecule has 0 rings (SSSR count). The van der Waals surface area contributed by atoms with Crippen LogP contribution in [0.15, 0.2) is 0 Å². The molecule has 0 aliphatic heterocycles. The van der Waals surface area contributed by atoms with Gasteiger partial charge in [0, 0.05) is 6.42 Å². The van der Waals surface area contributed by atoms with Gasteiger partial charge in [-0.3, -0.25) is 9.59 Å². The summed E-state index contributed by atoms with van der Waals surface area (Å²) in [5.41, 5.74) is 0. The van der Waals surface area contributed by atoms with Crippen molar-refractivity contribution in [3.63, 3.8) is 0 Å². The van der Waals surface area contributed by atoms with Crippen molar-refractivity contribution in [3.05, 3.63) is 0 Å². The van der Waals surface area contributed by atoms with E-state index in [2.05, 4.69) is 27.7 Å². The fraction of sp³-hybridized carbons (Fsp3) is 0.946. The summed E-state index contributed by atoms with van der Waals surface area (Å²) in [5.74, 6) is 0.617. The van der Waals surface area contributed by atoms with Crippen LogP contribution >= 0.6 is 0 Å². The Balaban J connectivity index is 3.57. The highest BCUT2D eigenvalue weighted by Crippen LogP contribution is 2.27. The maximum absolute atomic E-state index is 12.7. The van der Waals surface area contributed by atoms with Gasteiger partial charge in [-0.25, -0.2) is 0 Å². The molecule has 0 aromatic rings. The van der Waals surface area contributed by atoms with Crippen LogP contribution in [-0.4, -0.2) is 25.2 Å². The molecule has 41 heavy (non-hydrogen) atoms. The molecule has 0 saturated carbocycles. The van der Waals surface area contributed by atoms with Gasteiger partial charge < -0.3 is 9.47 Å². The Morgan fingerprint density at radius 1 is 0.463 bits per heavy atom. The lowest BCUT2D eigenvalue weighted by Gasteiger charge is -2.23. The molecule has 0 saturated heterocycles. The summed E-state index contributed by atoms with van der Waals surface area (Å²) in [6.07, 6.45) is 32.4. The summed E-state index contributed by atoms with van der Waals surface area (Å²) < 4.78 is 11.0. The smallest absolute Gasteiger partial charge is 0.309 e. The van der Waals surface area contributed by atoms with Crippen LogP contribution in [0, 0.1) is 11.8 Å². The van der Waals surface area contributed by atoms with Crippen LogP contribution in [0.1, 0.15) is 201 Å². The van der Waals surface area contributed by atoms with Gasteiger partial charge in [-0.05, 0) is 38.0 Å². The molecule has 0 N–H and O–H groups in total. The molecule has 0 radical (unpaired) electrons. The van der Waals surface area contributed by atoms with Gasteiger partial charge in [0.1, 0.15) is 0 Å². The zero-order valence-corrected chi connectivity index (χ0v) is 28.3. The Morgan fingerprint density at radius 2 is 0.878 bits per heavy atom. The number of hydrogen-bond donors (Lipinski definition) is 0. The topological polar surface area (TPSA) is 52.6 Å². The van der Waals surface area contributed by atoms with E-state index in [9.17, 15) is 9.59 Å². The number of rotatable bonds is 32. The predicted molar refractivity (Wildman–Crippen MR) is 176 cm³/mol. The number of carbonyl (C=O) groups is 2. The third-order valence-corrected chi connectivity index (χ3v) is 8.79. The van der Waals surface area contributed by atoms with Crippen molar-refractivity contribution in [1.82, 2.24) is 0 Å². The second-order valence-electron chi connectivity index (χ2n) is 12.5. The summed E-state index contributed by atoms with van der Waals surface area (Å²) in [6, 6.07) is 0. The van der Waals surface area contributed by atoms with Crippen molar-refractivity contribution in [2.24, 2.45) is 11.8 Å². The largest absolute Gasteiger partial charge is 0.466 e. The molecule has 2 unspecified atom stereocenters. The first-order valence-electron chi connectivity index (χ1n) is 18.4. The van der Waals surface area contributed by atoms with Crippen molar-refractivity contribution < 1.29 is 19.1 Å². The standard InChI is InChI=1S/C37H72O4/c1-5-9-11-24-28-32-40-36(38)31-27-23-21-19-17-15-13-14-16-18-20-22-26-30-34(7-3)35(8-4)37(39)41-33-29-25-12-10-6-2/h34-35H,5-33H2,1-4H3. The average Bonchev–Trinajstić information content (AvgIpc) is 2.97. The minimum Gasteiger partial charge on any atom is -0.466 e. The van der Waals surface area contributed by atoms with E-state index < -0.39 is 0 Å². The quantitative estimate of drug-likeness (QED) is 0.0586. The average molecular weight is 581 g/mol. The van der Waals surface area contributed by atoms with Crippen LogP contribution in [-0.2, 0) is 19.1 Å². The first-order valence-corrected chi connectivity index (χ1v) is 18.4. The summed E-state index contributed by atoms with van der Waals surface area (Å²) in [6.45, 7) is 10.0.